The smallest absolute Gasteiger partial charge is 0.255 e. The van der Waals surface area contributed by atoms with Gasteiger partial charge in [-0.3, -0.25) is 9.59 Å². The molecule has 1 heterocycles. The van der Waals surface area contributed by atoms with Gasteiger partial charge in [0.1, 0.15) is 0 Å². The second-order valence-electron chi connectivity index (χ2n) is 7.72. The van der Waals surface area contributed by atoms with Gasteiger partial charge in [0.05, 0.1) is 18.1 Å². The first-order valence-electron chi connectivity index (χ1n) is 10.6. The number of nitrogens with zero attached hydrogens (tertiary/aromatic N) is 1. The van der Waals surface area contributed by atoms with Gasteiger partial charge in [-0.1, -0.05) is 48.5 Å². The van der Waals surface area contributed by atoms with E-state index < -0.39 is 15.9 Å². The molecule has 1 amide bonds. The number of carbonyl (C=O) groups excluding carboxylic acids is 2. The van der Waals surface area contributed by atoms with Gasteiger partial charge in [0.25, 0.3) is 5.91 Å². The molecule has 4 rings (SSSR count). The largest absolute Gasteiger partial charge is 0.379 e. The molecule has 0 unspecified atom stereocenters. The lowest BCUT2D eigenvalue weighted by atomic mass is 10.0. The fourth-order valence-corrected chi connectivity index (χ4v) is 5.07. The highest BCUT2D eigenvalue weighted by atomic mass is 32.2. The fraction of sp³-hybridized carbons (Fsp3) is 0.200. The van der Waals surface area contributed by atoms with Gasteiger partial charge in [-0.25, -0.2) is 8.42 Å². The van der Waals surface area contributed by atoms with Crippen LogP contribution in [0.2, 0.25) is 0 Å². The topological polar surface area (TPSA) is 92.8 Å². The van der Waals surface area contributed by atoms with Crippen LogP contribution in [0.25, 0.3) is 0 Å². The molecule has 1 fully saturated rings. The van der Waals surface area contributed by atoms with Gasteiger partial charge < -0.3 is 10.1 Å². The van der Waals surface area contributed by atoms with Crippen molar-refractivity contribution >= 4 is 27.4 Å². The fourth-order valence-electron chi connectivity index (χ4n) is 3.64. The van der Waals surface area contributed by atoms with Crippen molar-refractivity contribution < 1.29 is 22.7 Å². The molecule has 3 aromatic rings. The Kier molecular flexibility index (Phi) is 6.69. The van der Waals surface area contributed by atoms with E-state index >= 15 is 0 Å². The van der Waals surface area contributed by atoms with Crippen molar-refractivity contribution in [3.8, 4) is 0 Å². The summed E-state index contributed by atoms with van der Waals surface area (Å²) < 4.78 is 32.6. The summed E-state index contributed by atoms with van der Waals surface area (Å²) in [4.78, 5) is 25.8. The minimum absolute atomic E-state index is 0.0631. The maximum Gasteiger partial charge on any atom is 0.255 e. The van der Waals surface area contributed by atoms with Crippen molar-refractivity contribution in [2.75, 3.05) is 31.6 Å². The summed E-state index contributed by atoms with van der Waals surface area (Å²) in [6.07, 6.45) is 0. The number of hydrogen-bond donors (Lipinski definition) is 1. The Hall–Kier alpha value is -3.33. The van der Waals surface area contributed by atoms with Crippen molar-refractivity contribution in [1.82, 2.24) is 4.31 Å². The van der Waals surface area contributed by atoms with Crippen molar-refractivity contribution in [2.45, 2.75) is 11.8 Å². The molecule has 1 N–H and O–H groups in total. The molecule has 33 heavy (non-hydrogen) atoms. The highest BCUT2D eigenvalue weighted by Gasteiger charge is 2.27. The summed E-state index contributed by atoms with van der Waals surface area (Å²) in [5.41, 5.74) is 2.34. The van der Waals surface area contributed by atoms with Gasteiger partial charge >= 0.3 is 0 Å². The van der Waals surface area contributed by atoms with Crippen LogP contribution < -0.4 is 5.32 Å². The van der Waals surface area contributed by atoms with E-state index in [4.69, 9.17) is 4.74 Å². The van der Waals surface area contributed by atoms with Gasteiger partial charge in [-0.05, 0) is 36.8 Å². The van der Waals surface area contributed by atoms with Crippen LogP contribution in [0.4, 0.5) is 5.69 Å². The third kappa shape index (κ3) is 5.03. The quantitative estimate of drug-likeness (QED) is 0.564. The number of benzene rings is 3. The second kappa shape index (κ2) is 9.66. The number of nitrogens with one attached hydrogen (secondary N) is 1. The molecule has 1 aliphatic heterocycles. The monoisotopic (exact) mass is 464 g/mol. The normalized spacial score (nSPS) is 14.6. The minimum Gasteiger partial charge on any atom is -0.379 e. The van der Waals surface area contributed by atoms with Crippen LogP contribution in [0.15, 0.2) is 77.7 Å². The maximum atomic E-state index is 13.0. The van der Waals surface area contributed by atoms with Crippen molar-refractivity contribution in [2.24, 2.45) is 0 Å². The number of ether oxygens (including phenoxy) is 1. The Morgan fingerprint density at radius 3 is 2.30 bits per heavy atom. The molecule has 8 heteroatoms. The average molecular weight is 465 g/mol. The zero-order chi connectivity index (χ0) is 23.4. The van der Waals surface area contributed by atoms with Crippen LogP contribution in [-0.2, 0) is 14.8 Å². The van der Waals surface area contributed by atoms with Crippen LogP contribution in [0.3, 0.4) is 0 Å². The first-order valence-corrected chi connectivity index (χ1v) is 12.0. The SMILES string of the molecule is Cc1ccc(S(=O)(=O)N2CCOCC2)cc1C(=O)Nc1cccc(C(=O)c2ccccc2)c1. The van der Waals surface area contributed by atoms with Crippen molar-refractivity contribution in [3.63, 3.8) is 0 Å². The van der Waals surface area contributed by atoms with Crippen LogP contribution in [0.1, 0.15) is 31.8 Å². The van der Waals surface area contributed by atoms with E-state index in [2.05, 4.69) is 5.32 Å². The lowest BCUT2D eigenvalue weighted by molar-refractivity contribution is 0.0730. The summed E-state index contributed by atoms with van der Waals surface area (Å²) >= 11 is 0. The standard InChI is InChI=1S/C25H24N2O5S/c1-18-10-11-22(33(30,31)27-12-14-32-15-13-27)17-23(18)25(29)26-21-9-5-8-20(16-21)24(28)19-6-3-2-4-7-19/h2-11,16-17H,12-15H2,1H3,(H,26,29). The number of rotatable bonds is 6. The molecule has 3 aromatic carbocycles. The Morgan fingerprint density at radius 2 is 1.58 bits per heavy atom. The summed E-state index contributed by atoms with van der Waals surface area (Å²) in [5.74, 6) is -0.600. The molecule has 0 aromatic heterocycles. The zero-order valence-electron chi connectivity index (χ0n) is 18.2. The van der Waals surface area contributed by atoms with E-state index in [1.165, 1.54) is 16.4 Å². The molecule has 1 aliphatic rings. The van der Waals surface area contributed by atoms with Crippen LogP contribution in [0.5, 0.6) is 0 Å². The first-order chi connectivity index (χ1) is 15.9. The molecule has 0 radical (unpaired) electrons. The lowest BCUT2D eigenvalue weighted by Crippen LogP contribution is -2.40. The van der Waals surface area contributed by atoms with Gasteiger partial charge in [-0.15, -0.1) is 0 Å². The van der Waals surface area contributed by atoms with E-state index in [0.29, 0.717) is 35.6 Å². The lowest BCUT2D eigenvalue weighted by Gasteiger charge is -2.26. The number of carbonyl (C=O) groups is 2. The maximum absolute atomic E-state index is 13.0. The van der Waals surface area contributed by atoms with E-state index in [1.807, 2.05) is 6.07 Å². The van der Waals surface area contributed by atoms with Crippen LogP contribution in [-0.4, -0.2) is 50.7 Å². The molecule has 0 atom stereocenters. The highest BCUT2D eigenvalue weighted by Crippen LogP contribution is 2.22. The summed E-state index contributed by atoms with van der Waals surface area (Å²) in [5, 5.41) is 2.78. The third-order valence-corrected chi connectivity index (χ3v) is 7.37. The van der Waals surface area contributed by atoms with Gasteiger partial charge in [0.15, 0.2) is 5.78 Å². The van der Waals surface area contributed by atoms with Crippen molar-refractivity contribution in [3.05, 3.63) is 95.1 Å². The Balaban J connectivity index is 1.57. The van der Waals surface area contributed by atoms with Crippen molar-refractivity contribution in [1.29, 1.82) is 0 Å². The van der Waals surface area contributed by atoms with Gasteiger partial charge in [0.2, 0.25) is 10.0 Å². The molecular formula is C25H24N2O5S. The summed E-state index contributed by atoms with van der Waals surface area (Å²) in [7, 11) is -3.73. The molecule has 0 aliphatic carbocycles. The summed E-state index contributed by atoms with van der Waals surface area (Å²) in [6, 6.07) is 20.1. The number of aryl methyl sites for hydroxylation is 1. The summed E-state index contributed by atoms with van der Waals surface area (Å²) in [6.45, 7) is 2.99. The predicted octanol–water partition coefficient (Wildman–Crippen LogP) is 3.50. The minimum atomic E-state index is -3.73. The van der Waals surface area contributed by atoms with E-state index in [1.54, 1.807) is 61.5 Å². The molecule has 1 saturated heterocycles. The highest BCUT2D eigenvalue weighted by molar-refractivity contribution is 7.89. The Bertz CT molecular complexity index is 1280. The molecule has 0 spiro atoms. The second-order valence-corrected chi connectivity index (χ2v) is 9.66. The Morgan fingerprint density at radius 1 is 0.879 bits per heavy atom. The number of hydrogen-bond acceptors (Lipinski definition) is 5. The number of morpholine rings is 1. The van der Waals surface area contributed by atoms with E-state index in [0.717, 1.165) is 0 Å². The van der Waals surface area contributed by atoms with Gasteiger partial charge in [-0.2, -0.15) is 4.31 Å². The third-order valence-electron chi connectivity index (χ3n) is 5.48. The Labute approximate surface area is 193 Å². The average Bonchev–Trinajstić information content (AvgIpc) is 2.85. The van der Waals surface area contributed by atoms with Crippen LogP contribution >= 0.6 is 0 Å². The van der Waals surface area contributed by atoms with E-state index in [9.17, 15) is 18.0 Å². The zero-order valence-corrected chi connectivity index (χ0v) is 19.0. The number of anilines is 1. The molecule has 170 valence electrons. The molecular weight excluding hydrogens is 440 g/mol. The molecule has 0 saturated carbocycles. The van der Waals surface area contributed by atoms with Crippen LogP contribution in [0, 0.1) is 6.92 Å². The predicted molar refractivity (Wildman–Crippen MR) is 125 cm³/mol. The number of ketones is 1. The number of sulfonamides is 1. The van der Waals surface area contributed by atoms with Gasteiger partial charge in [0, 0.05) is 35.5 Å². The van der Waals surface area contributed by atoms with E-state index in [-0.39, 0.29) is 29.3 Å². The first kappa shape index (κ1) is 22.8. The molecule has 0 bridgehead atoms. The number of amides is 1. The molecule has 7 nitrogen and oxygen atoms in total.